The fourth-order valence-electron chi connectivity index (χ4n) is 1.33. The first kappa shape index (κ1) is 14.7. The monoisotopic (exact) mass is 271 g/mol. The van der Waals surface area contributed by atoms with Crippen molar-refractivity contribution in [1.82, 2.24) is 9.97 Å². The fraction of sp³-hybridized carbons (Fsp3) is 0.545. The Balaban J connectivity index is 3.07. The largest absolute Gasteiger partial charge is 0.477 e. The molecule has 6 nitrogen and oxygen atoms in total. The summed E-state index contributed by atoms with van der Waals surface area (Å²) in [6.45, 7) is 3.78. The summed E-state index contributed by atoms with van der Waals surface area (Å²) in [6, 6.07) is -0.243. The molecule has 1 aromatic heterocycles. The van der Waals surface area contributed by atoms with E-state index in [-0.39, 0.29) is 29.9 Å². The summed E-state index contributed by atoms with van der Waals surface area (Å²) in [7, 11) is 0. The van der Waals surface area contributed by atoms with Gasteiger partial charge in [-0.2, -0.15) is 0 Å². The average molecular weight is 271 g/mol. The lowest BCUT2D eigenvalue weighted by Gasteiger charge is -2.21. The third-order valence-corrected chi connectivity index (χ3v) is 3.07. The second kappa shape index (κ2) is 6.55. The molecule has 0 radical (unpaired) electrons. The molecule has 1 rings (SSSR count). The molecule has 0 spiro atoms. The van der Waals surface area contributed by atoms with Crippen LogP contribution in [0, 0.1) is 5.92 Å². The Morgan fingerprint density at radius 1 is 1.56 bits per heavy atom. The maximum Gasteiger partial charge on any atom is 0.341 e. The second-order valence-corrected chi connectivity index (χ2v) is 4.87. The fourth-order valence-corrected chi connectivity index (χ4v) is 1.67. The molecule has 0 aliphatic heterocycles. The van der Waals surface area contributed by atoms with Gasteiger partial charge >= 0.3 is 5.97 Å². The van der Waals surface area contributed by atoms with Crippen molar-refractivity contribution in [2.45, 2.75) is 25.0 Å². The van der Waals surface area contributed by atoms with Gasteiger partial charge in [0.2, 0.25) is 0 Å². The van der Waals surface area contributed by atoms with E-state index in [4.69, 9.17) is 5.11 Å². The topological polar surface area (TPSA) is 95.3 Å². The van der Waals surface area contributed by atoms with Crippen molar-refractivity contribution in [1.29, 1.82) is 0 Å². The minimum Gasteiger partial charge on any atom is -0.477 e. The van der Waals surface area contributed by atoms with Crippen LogP contribution in [0.1, 0.15) is 24.2 Å². The number of rotatable bonds is 6. The Labute approximate surface area is 110 Å². The van der Waals surface area contributed by atoms with Crippen molar-refractivity contribution >= 4 is 23.5 Å². The highest BCUT2D eigenvalue weighted by Gasteiger charge is 2.18. The lowest BCUT2D eigenvalue weighted by molar-refractivity contribution is 0.0696. The molecular weight excluding hydrogens is 254 g/mol. The number of aromatic nitrogens is 2. The highest BCUT2D eigenvalue weighted by atomic mass is 32.2. The highest BCUT2D eigenvalue weighted by Crippen LogP contribution is 2.19. The van der Waals surface area contributed by atoms with Crippen molar-refractivity contribution in [3.05, 3.63) is 11.8 Å². The van der Waals surface area contributed by atoms with Gasteiger partial charge in [0.15, 0.2) is 5.16 Å². The maximum atomic E-state index is 11.1. The van der Waals surface area contributed by atoms with Crippen LogP contribution in [-0.2, 0) is 0 Å². The lowest BCUT2D eigenvalue weighted by atomic mass is 10.1. The van der Waals surface area contributed by atoms with Gasteiger partial charge in [-0.05, 0) is 12.2 Å². The number of nitrogens with one attached hydrogen (secondary N) is 1. The molecule has 0 amide bonds. The van der Waals surface area contributed by atoms with E-state index >= 15 is 0 Å². The van der Waals surface area contributed by atoms with E-state index < -0.39 is 5.97 Å². The number of thioether (sulfide) groups is 1. The van der Waals surface area contributed by atoms with Crippen LogP contribution in [0.3, 0.4) is 0 Å². The summed E-state index contributed by atoms with van der Waals surface area (Å²) in [5.74, 6) is -0.690. The summed E-state index contributed by atoms with van der Waals surface area (Å²) in [5.41, 5.74) is 0.00639. The first-order chi connectivity index (χ1) is 8.49. The number of anilines is 1. The molecule has 1 atom stereocenters. The van der Waals surface area contributed by atoms with Crippen LogP contribution in [-0.4, -0.2) is 45.1 Å². The molecule has 0 aliphatic rings. The Hall–Kier alpha value is -1.34. The standard InChI is InChI=1S/C11H17N3O3S/c1-6(2)8(5-15)13-9-7(10(16)17)4-12-11(14-9)18-3/h4,6,8,15H,5H2,1-3H3,(H,16,17)(H,12,13,14)/t8-/m0/s1. The molecule has 0 aromatic carbocycles. The van der Waals surface area contributed by atoms with E-state index in [0.717, 1.165) is 0 Å². The average Bonchev–Trinajstić information content (AvgIpc) is 2.34. The van der Waals surface area contributed by atoms with E-state index in [0.29, 0.717) is 5.16 Å². The Bertz CT molecular complexity index is 426. The molecule has 0 fully saturated rings. The summed E-state index contributed by atoms with van der Waals surface area (Å²) in [5, 5.41) is 21.8. The van der Waals surface area contributed by atoms with Crippen molar-refractivity contribution in [3.63, 3.8) is 0 Å². The molecule has 7 heteroatoms. The Morgan fingerprint density at radius 3 is 2.67 bits per heavy atom. The van der Waals surface area contributed by atoms with E-state index in [1.165, 1.54) is 18.0 Å². The second-order valence-electron chi connectivity index (χ2n) is 4.10. The number of carbonyl (C=O) groups is 1. The Morgan fingerprint density at radius 2 is 2.22 bits per heavy atom. The van der Waals surface area contributed by atoms with Crippen molar-refractivity contribution < 1.29 is 15.0 Å². The predicted octanol–water partition coefficient (Wildman–Crippen LogP) is 1.33. The van der Waals surface area contributed by atoms with Gasteiger partial charge in [0.25, 0.3) is 0 Å². The highest BCUT2D eigenvalue weighted by molar-refractivity contribution is 7.98. The normalized spacial score (nSPS) is 12.5. The summed E-state index contributed by atoms with van der Waals surface area (Å²) in [4.78, 5) is 19.1. The molecule has 0 unspecified atom stereocenters. The third kappa shape index (κ3) is 3.58. The number of carboxylic acid groups (broad SMARTS) is 1. The lowest BCUT2D eigenvalue weighted by Crippen LogP contribution is -2.31. The third-order valence-electron chi connectivity index (χ3n) is 2.50. The van der Waals surface area contributed by atoms with Gasteiger partial charge < -0.3 is 15.5 Å². The first-order valence-corrected chi connectivity index (χ1v) is 6.73. The SMILES string of the molecule is CSc1ncc(C(=O)O)c(N[C@@H](CO)C(C)C)n1. The zero-order valence-corrected chi connectivity index (χ0v) is 11.4. The Kier molecular flexibility index (Phi) is 5.36. The zero-order chi connectivity index (χ0) is 13.7. The minimum atomic E-state index is -1.09. The van der Waals surface area contributed by atoms with Crippen LogP contribution < -0.4 is 5.32 Å². The van der Waals surface area contributed by atoms with Crippen LogP contribution in [0.15, 0.2) is 11.4 Å². The molecule has 0 bridgehead atoms. The number of carboxylic acids is 1. The molecule has 1 aromatic rings. The number of hydrogen-bond acceptors (Lipinski definition) is 6. The quantitative estimate of drug-likeness (QED) is 0.530. The van der Waals surface area contributed by atoms with Crippen molar-refractivity contribution in [2.24, 2.45) is 5.92 Å². The van der Waals surface area contributed by atoms with Crippen LogP contribution in [0.5, 0.6) is 0 Å². The van der Waals surface area contributed by atoms with Crippen molar-refractivity contribution in [2.75, 3.05) is 18.2 Å². The summed E-state index contributed by atoms with van der Waals surface area (Å²) < 4.78 is 0. The van der Waals surface area contributed by atoms with E-state index in [1.807, 2.05) is 20.1 Å². The van der Waals surface area contributed by atoms with Gasteiger partial charge in [-0.25, -0.2) is 14.8 Å². The van der Waals surface area contributed by atoms with Gasteiger partial charge in [-0.1, -0.05) is 25.6 Å². The summed E-state index contributed by atoms with van der Waals surface area (Å²) >= 11 is 1.33. The van der Waals surface area contributed by atoms with Crippen LogP contribution in [0.25, 0.3) is 0 Å². The number of hydrogen-bond donors (Lipinski definition) is 3. The molecule has 0 saturated heterocycles. The molecule has 0 saturated carbocycles. The van der Waals surface area contributed by atoms with E-state index in [1.54, 1.807) is 0 Å². The maximum absolute atomic E-state index is 11.1. The molecular formula is C11H17N3O3S. The van der Waals surface area contributed by atoms with Gasteiger partial charge in [-0.15, -0.1) is 0 Å². The molecule has 100 valence electrons. The number of aliphatic hydroxyl groups excluding tert-OH is 1. The van der Waals surface area contributed by atoms with Crippen LogP contribution in [0.4, 0.5) is 5.82 Å². The van der Waals surface area contributed by atoms with Crippen LogP contribution in [0.2, 0.25) is 0 Å². The van der Waals surface area contributed by atoms with E-state index in [2.05, 4.69) is 15.3 Å². The van der Waals surface area contributed by atoms with E-state index in [9.17, 15) is 9.90 Å². The van der Waals surface area contributed by atoms with Gasteiger partial charge in [0.05, 0.1) is 12.6 Å². The first-order valence-electron chi connectivity index (χ1n) is 5.51. The molecule has 0 aliphatic carbocycles. The van der Waals surface area contributed by atoms with Gasteiger partial charge in [-0.3, -0.25) is 0 Å². The number of aromatic carboxylic acids is 1. The van der Waals surface area contributed by atoms with Gasteiger partial charge in [0.1, 0.15) is 11.4 Å². The zero-order valence-electron chi connectivity index (χ0n) is 10.5. The predicted molar refractivity (Wildman–Crippen MR) is 70.1 cm³/mol. The van der Waals surface area contributed by atoms with Crippen LogP contribution >= 0.6 is 11.8 Å². The van der Waals surface area contributed by atoms with Crippen molar-refractivity contribution in [3.8, 4) is 0 Å². The molecule has 3 N–H and O–H groups in total. The molecule has 18 heavy (non-hydrogen) atoms. The van der Waals surface area contributed by atoms with Gasteiger partial charge in [0, 0.05) is 6.20 Å². The number of aliphatic hydroxyl groups is 1. The minimum absolute atomic E-state index is 0.00639. The molecule has 1 heterocycles. The summed E-state index contributed by atoms with van der Waals surface area (Å²) in [6.07, 6.45) is 3.09. The number of nitrogens with zero attached hydrogens (tertiary/aromatic N) is 2. The smallest absolute Gasteiger partial charge is 0.341 e.